The minimum atomic E-state index is 0.848. The van der Waals surface area contributed by atoms with Gasteiger partial charge in [0.25, 0.3) is 0 Å². The molecule has 0 aliphatic rings. The summed E-state index contributed by atoms with van der Waals surface area (Å²) in [4.78, 5) is 1.34. The second-order valence-electron chi connectivity index (χ2n) is 2.66. The van der Waals surface area contributed by atoms with E-state index in [9.17, 15) is 0 Å². The van der Waals surface area contributed by atoms with E-state index in [0.717, 1.165) is 8.59 Å². The van der Waals surface area contributed by atoms with Gasteiger partial charge in [-0.15, -0.1) is 11.3 Å². The molecule has 0 nitrogen and oxygen atoms in total. The van der Waals surface area contributed by atoms with Crippen LogP contribution in [0.1, 0.15) is 4.88 Å². The van der Waals surface area contributed by atoms with Crippen molar-refractivity contribution in [2.45, 2.75) is 6.92 Å². The van der Waals surface area contributed by atoms with Gasteiger partial charge in [-0.3, -0.25) is 0 Å². The van der Waals surface area contributed by atoms with Crippen LogP contribution in [0.3, 0.4) is 0 Å². The van der Waals surface area contributed by atoms with Crippen molar-refractivity contribution in [3.05, 3.63) is 31.7 Å². The standard InChI is InChI=1S/C9H6ClIS/c1-5-2-6-3-7(10)8(11)4-9(6)12-5/h2-4H,1H3. The summed E-state index contributed by atoms with van der Waals surface area (Å²) in [6.07, 6.45) is 0. The first kappa shape index (κ1) is 8.78. The molecule has 0 saturated carbocycles. The van der Waals surface area contributed by atoms with Crippen molar-refractivity contribution in [2.75, 3.05) is 0 Å². The highest BCUT2D eigenvalue weighted by Gasteiger charge is 2.02. The molecular weight excluding hydrogens is 303 g/mol. The summed E-state index contributed by atoms with van der Waals surface area (Å²) < 4.78 is 2.45. The third-order valence-electron chi connectivity index (χ3n) is 1.68. The summed E-state index contributed by atoms with van der Waals surface area (Å²) in [7, 11) is 0. The summed E-state index contributed by atoms with van der Waals surface area (Å²) in [6.45, 7) is 2.12. The van der Waals surface area contributed by atoms with Crippen LogP contribution in [0.25, 0.3) is 10.1 Å². The monoisotopic (exact) mass is 308 g/mol. The summed E-state index contributed by atoms with van der Waals surface area (Å²) in [6, 6.07) is 6.33. The van der Waals surface area contributed by atoms with Gasteiger partial charge in [0.2, 0.25) is 0 Å². The van der Waals surface area contributed by atoms with Gasteiger partial charge in [0.05, 0.1) is 5.02 Å². The van der Waals surface area contributed by atoms with Crippen molar-refractivity contribution in [3.8, 4) is 0 Å². The molecule has 3 heteroatoms. The van der Waals surface area contributed by atoms with E-state index in [2.05, 4.69) is 41.6 Å². The molecule has 1 heterocycles. The van der Waals surface area contributed by atoms with Crippen LogP contribution in [-0.4, -0.2) is 0 Å². The largest absolute Gasteiger partial charge is 0.141 e. The van der Waals surface area contributed by atoms with E-state index in [1.807, 2.05) is 17.4 Å². The highest BCUT2D eigenvalue weighted by Crippen LogP contribution is 2.30. The lowest BCUT2D eigenvalue weighted by molar-refractivity contribution is 1.65. The van der Waals surface area contributed by atoms with Crippen molar-refractivity contribution in [1.29, 1.82) is 0 Å². The van der Waals surface area contributed by atoms with Crippen molar-refractivity contribution < 1.29 is 0 Å². The van der Waals surface area contributed by atoms with Gasteiger partial charge in [-0.1, -0.05) is 11.6 Å². The normalized spacial score (nSPS) is 10.9. The molecule has 1 aromatic carbocycles. The van der Waals surface area contributed by atoms with E-state index in [0.29, 0.717) is 0 Å². The second-order valence-corrected chi connectivity index (χ2v) is 5.52. The third kappa shape index (κ3) is 1.47. The van der Waals surface area contributed by atoms with E-state index in [-0.39, 0.29) is 0 Å². The predicted molar refractivity (Wildman–Crippen MR) is 64.3 cm³/mol. The van der Waals surface area contributed by atoms with Gasteiger partial charge in [0, 0.05) is 13.1 Å². The lowest BCUT2D eigenvalue weighted by Crippen LogP contribution is -1.71. The lowest BCUT2D eigenvalue weighted by atomic mass is 10.2. The van der Waals surface area contributed by atoms with Crippen molar-refractivity contribution >= 4 is 55.6 Å². The predicted octanol–water partition coefficient (Wildman–Crippen LogP) is 4.47. The topological polar surface area (TPSA) is 0 Å². The first-order valence-corrected chi connectivity index (χ1v) is 5.79. The van der Waals surface area contributed by atoms with Crippen LogP contribution in [-0.2, 0) is 0 Å². The molecule has 12 heavy (non-hydrogen) atoms. The Morgan fingerprint density at radius 2 is 2.08 bits per heavy atom. The summed E-state index contributed by atoms with van der Waals surface area (Å²) >= 11 is 10.1. The number of hydrogen-bond acceptors (Lipinski definition) is 1. The van der Waals surface area contributed by atoms with Crippen molar-refractivity contribution in [2.24, 2.45) is 0 Å². The molecule has 1 aromatic heterocycles. The van der Waals surface area contributed by atoms with E-state index >= 15 is 0 Å². The molecule has 2 rings (SSSR count). The molecule has 0 aliphatic heterocycles. The smallest absolute Gasteiger partial charge is 0.0546 e. The fourth-order valence-corrected chi connectivity index (χ4v) is 2.96. The maximum absolute atomic E-state index is 5.99. The number of rotatable bonds is 0. The first-order chi connectivity index (χ1) is 5.66. The molecule has 0 saturated heterocycles. The molecule has 0 unspecified atom stereocenters. The highest BCUT2D eigenvalue weighted by molar-refractivity contribution is 14.1. The maximum atomic E-state index is 5.99. The molecule has 0 amide bonds. The number of aryl methyl sites for hydroxylation is 1. The third-order valence-corrected chi connectivity index (χ3v) is 4.22. The quantitative estimate of drug-likeness (QED) is 0.630. The minimum absolute atomic E-state index is 0.848. The average molecular weight is 309 g/mol. The van der Waals surface area contributed by atoms with Crippen molar-refractivity contribution in [1.82, 2.24) is 0 Å². The number of thiophene rings is 1. The summed E-state index contributed by atoms with van der Waals surface area (Å²) in [5, 5.41) is 2.10. The molecule has 0 bridgehead atoms. The van der Waals surface area contributed by atoms with E-state index in [1.54, 1.807) is 0 Å². The van der Waals surface area contributed by atoms with Gasteiger partial charge >= 0.3 is 0 Å². The fraction of sp³-hybridized carbons (Fsp3) is 0.111. The van der Waals surface area contributed by atoms with Crippen LogP contribution in [0.5, 0.6) is 0 Å². The summed E-state index contributed by atoms with van der Waals surface area (Å²) in [5.41, 5.74) is 0. The Morgan fingerprint density at radius 1 is 1.33 bits per heavy atom. The van der Waals surface area contributed by atoms with Crippen LogP contribution in [0, 0.1) is 10.5 Å². The molecule has 0 N–H and O–H groups in total. The number of benzene rings is 1. The molecule has 0 spiro atoms. The molecule has 0 atom stereocenters. The Hall–Kier alpha value is 0.200. The van der Waals surface area contributed by atoms with Crippen molar-refractivity contribution in [3.63, 3.8) is 0 Å². The first-order valence-electron chi connectivity index (χ1n) is 3.52. The lowest BCUT2D eigenvalue weighted by Gasteiger charge is -1.94. The molecule has 2 aromatic rings. The second kappa shape index (κ2) is 3.16. The van der Waals surface area contributed by atoms with E-state index < -0.39 is 0 Å². The SMILES string of the molecule is Cc1cc2cc(Cl)c(I)cc2s1. The molecular formula is C9H6ClIS. The van der Waals surface area contributed by atoms with Crippen LogP contribution >= 0.6 is 45.5 Å². The zero-order valence-electron chi connectivity index (χ0n) is 6.40. The Morgan fingerprint density at radius 3 is 2.83 bits per heavy atom. The van der Waals surface area contributed by atoms with Gasteiger partial charge in [0.15, 0.2) is 0 Å². The zero-order valence-corrected chi connectivity index (χ0v) is 10.1. The van der Waals surface area contributed by atoms with Gasteiger partial charge < -0.3 is 0 Å². The minimum Gasteiger partial charge on any atom is -0.141 e. The Bertz CT molecular complexity index is 394. The van der Waals surface area contributed by atoms with Gasteiger partial charge in [-0.25, -0.2) is 0 Å². The maximum Gasteiger partial charge on any atom is 0.0546 e. The van der Waals surface area contributed by atoms with Gasteiger partial charge in [-0.2, -0.15) is 0 Å². The van der Waals surface area contributed by atoms with E-state index in [1.165, 1.54) is 15.0 Å². The number of halogens is 2. The molecule has 62 valence electrons. The summed E-state index contributed by atoms with van der Waals surface area (Å²) in [5.74, 6) is 0. The van der Waals surface area contributed by atoms with Crippen LogP contribution in [0.15, 0.2) is 18.2 Å². The molecule has 0 fully saturated rings. The Balaban J connectivity index is 2.83. The fourth-order valence-electron chi connectivity index (χ4n) is 1.17. The molecule has 0 radical (unpaired) electrons. The van der Waals surface area contributed by atoms with Crippen LogP contribution in [0.2, 0.25) is 5.02 Å². The zero-order chi connectivity index (χ0) is 8.72. The number of fused-ring (bicyclic) bond motifs is 1. The van der Waals surface area contributed by atoms with E-state index in [4.69, 9.17) is 11.6 Å². The average Bonchev–Trinajstić information content (AvgIpc) is 2.30. The van der Waals surface area contributed by atoms with Gasteiger partial charge in [0.1, 0.15) is 0 Å². The molecule has 0 aliphatic carbocycles. The van der Waals surface area contributed by atoms with Crippen LogP contribution < -0.4 is 0 Å². The Labute approximate surface area is 93.7 Å². The van der Waals surface area contributed by atoms with Crippen LogP contribution in [0.4, 0.5) is 0 Å². The Kier molecular flexibility index (Phi) is 2.31. The van der Waals surface area contributed by atoms with Gasteiger partial charge in [-0.05, 0) is 53.1 Å². The highest BCUT2D eigenvalue weighted by atomic mass is 127. The number of hydrogen-bond donors (Lipinski definition) is 0.